The van der Waals surface area contributed by atoms with E-state index in [4.69, 9.17) is 15.0 Å². The molecule has 0 aromatic carbocycles. The Morgan fingerprint density at radius 2 is 1.23 bits per heavy atom. The van der Waals surface area contributed by atoms with Crippen LogP contribution in [-0.4, -0.2) is 15.3 Å². The van der Waals surface area contributed by atoms with Gasteiger partial charge in [-0.1, -0.05) is 0 Å². The van der Waals surface area contributed by atoms with E-state index >= 15 is 0 Å². The minimum absolute atomic E-state index is 1.06. The summed E-state index contributed by atoms with van der Waals surface area (Å²) in [6.07, 6.45) is 5.99. The molecule has 0 fully saturated rings. The van der Waals surface area contributed by atoms with Crippen LogP contribution in [0.5, 0.6) is 0 Å². The lowest BCUT2D eigenvalue weighted by Crippen LogP contribution is -2.37. The third-order valence-corrected chi connectivity index (χ3v) is 3.47. The second-order valence-electron chi connectivity index (χ2n) is 4.73. The molecule has 0 aliphatic carbocycles. The molecule has 0 radical (unpaired) electrons. The zero-order valence-electron chi connectivity index (χ0n) is 14.2. The maximum atomic E-state index is 8.33. The quantitative estimate of drug-likeness (QED) is 0.656. The molecule has 7 heteroatoms. The van der Waals surface area contributed by atoms with Gasteiger partial charge in [0.2, 0.25) is 0 Å². The molecule has 0 N–H and O–H groups in total. The Morgan fingerprint density at radius 1 is 0.955 bits per heavy atom. The Kier molecular flexibility index (Phi) is 8.59. The number of aromatic nitrogens is 4. The molecule has 0 atom stereocenters. The first kappa shape index (κ1) is 19.7. The van der Waals surface area contributed by atoms with Crippen LogP contribution in [0.4, 0.5) is 4.79 Å². The summed E-state index contributed by atoms with van der Waals surface area (Å²) in [4.78, 5) is 8.33. The molecule has 2 rings (SSSR count). The number of hydrogen-bond acceptors (Lipinski definition) is 3. The van der Waals surface area contributed by atoms with E-state index in [9.17, 15) is 0 Å². The summed E-state index contributed by atoms with van der Waals surface area (Å²) < 4.78 is 8.65. The van der Waals surface area contributed by atoms with E-state index in [1.807, 2.05) is 0 Å². The fourth-order valence-corrected chi connectivity index (χ4v) is 1.87. The van der Waals surface area contributed by atoms with Gasteiger partial charge in [-0.3, -0.25) is 0 Å². The van der Waals surface area contributed by atoms with Gasteiger partial charge >= 0.3 is 0 Å². The lowest BCUT2D eigenvalue weighted by molar-refractivity contribution is -0.677. The van der Waals surface area contributed by atoms with E-state index in [-0.39, 0.29) is 0 Å². The lowest BCUT2D eigenvalue weighted by Gasteiger charge is -1.96. The zero-order valence-corrected chi connectivity index (χ0v) is 14.2. The number of carbonyl (C=O) groups excluding carboxylic acids is 1. The molecule has 2 aromatic heterocycles. The van der Waals surface area contributed by atoms with E-state index in [2.05, 4.69) is 84.8 Å². The fourth-order valence-electron chi connectivity index (χ4n) is 1.87. The molecule has 0 saturated carbocycles. The molecule has 2 heterocycles. The van der Waals surface area contributed by atoms with Crippen molar-refractivity contribution in [3.05, 3.63) is 36.4 Å². The Bertz CT molecular complexity index is 537. The van der Waals surface area contributed by atoms with Crippen molar-refractivity contribution >= 4 is 6.16 Å². The summed E-state index contributed by atoms with van der Waals surface area (Å²) >= 11 is 0. The molecule has 0 aliphatic heterocycles. The topological polar surface area (TPSA) is 80.8 Å². The molecule has 0 amide bonds. The highest BCUT2D eigenvalue weighted by atomic mass is 16.6. The van der Waals surface area contributed by atoms with Gasteiger partial charge in [0, 0.05) is 13.8 Å². The number of imidazole rings is 2. The Balaban J connectivity index is 0.000000326. The van der Waals surface area contributed by atoms with Crippen molar-refractivity contribution in [1.82, 2.24) is 9.13 Å². The van der Waals surface area contributed by atoms with Crippen LogP contribution < -0.4 is 19.3 Å². The van der Waals surface area contributed by atoms with Crippen LogP contribution in [0.25, 0.3) is 0 Å². The molecular weight excluding hydrogens is 284 g/mol. The van der Waals surface area contributed by atoms with Crippen LogP contribution >= 0.6 is 0 Å². The monoisotopic (exact) mass is 310 g/mol. The molecule has 124 valence electrons. The number of carbonyl (C=O) groups is 1. The van der Waals surface area contributed by atoms with E-state index in [0.717, 1.165) is 13.1 Å². The summed E-state index contributed by atoms with van der Waals surface area (Å²) in [5, 5.41) is 16.7. The average molecular weight is 310 g/mol. The second kappa shape index (κ2) is 9.59. The molecular formula is C15H26N4O3. The highest BCUT2D eigenvalue weighted by Gasteiger charge is 2.04. The van der Waals surface area contributed by atoms with Crippen molar-refractivity contribution < 1.29 is 24.1 Å². The van der Waals surface area contributed by atoms with Crippen LogP contribution in [-0.2, 0) is 27.2 Å². The molecule has 0 bridgehead atoms. The molecule has 0 aliphatic rings. The third-order valence-electron chi connectivity index (χ3n) is 3.47. The van der Waals surface area contributed by atoms with E-state index in [0.29, 0.717) is 0 Å². The molecule has 7 nitrogen and oxygen atoms in total. The van der Waals surface area contributed by atoms with Crippen LogP contribution in [0.2, 0.25) is 0 Å². The van der Waals surface area contributed by atoms with Crippen molar-refractivity contribution in [3.8, 4) is 0 Å². The van der Waals surface area contributed by atoms with Gasteiger partial charge in [0.05, 0.1) is 27.2 Å². The molecule has 0 unspecified atom stereocenters. The summed E-state index contributed by atoms with van der Waals surface area (Å²) in [6.45, 7) is 10.6. The normalized spacial score (nSPS) is 9.36. The SMILES string of the molecule is CCn1cc[n+](C)c1C.CCn1cc[n+](C)c1C.O=C([O-])[O-]. The smallest absolute Gasteiger partial charge is 0.252 e. The predicted molar refractivity (Wildman–Crippen MR) is 77.4 cm³/mol. The maximum absolute atomic E-state index is 8.33. The standard InChI is InChI=1S/2C7H13N2.CH2O3/c2*1-4-9-6-5-8(3)7(9)2;2-1(3)4/h2*5-6H,4H2,1-3H3;(H2,2,3,4)/q2*+1;/p-2. The van der Waals surface area contributed by atoms with Crippen LogP contribution in [0.3, 0.4) is 0 Å². The summed E-state index contributed by atoms with van der Waals surface area (Å²) in [5.41, 5.74) is 0. The molecule has 0 saturated heterocycles. The first-order valence-corrected chi connectivity index (χ1v) is 7.15. The maximum Gasteiger partial charge on any atom is 0.252 e. The number of hydrogen-bond donors (Lipinski definition) is 0. The first-order valence-electron chi connectivity index (χ1n) is 7.15. The Hall–Kier alpha value is -2.31. The summed E-state index contributed by atoms with van der Waals surface area (Å²) in [7, 11) is 4.11. The van der Waals surface area contributed by atoms with E-state index in [1.165, 1.54) is 11.6 Å². The van der Waals surface area contributed by atoms with E-state index in [1.54, 1.807) is 0 Å². The highest BCUT2D eigenvalue weighted by molar-refractivity contribution is 5.47. The van der Waals surface area contributed by atoms with Crippen molar-refractivity contribution in [2.24, 2.45) is 14.1 Å². The minimum atomic E-state index is -2.33. The van der Waals surface area contributed by atoms with Gasteiger partial charge in [-0.25, -0.2) is 18.3 Å². The number of rotatable bonds is 2. The molecule has 22 heavy (non-hydrogen) atoms. The van der Waals surface area contributed by atoms with Gasteiger partial charge in [-0.15, -0.1) is 0 Å². The summed E-state index contributed by atoms with van der Waals surface area (Å²) in [6, 6.07) is 0. The zero-order chi connectivity index (χ0) is 17.3. The van der Waals surface area contributed by atoms with Gasteiger partial charge in [0.15, 0.2) is 0 Å². The van der Waals surface area contributed by atoms with Gasteiger partial charge < -0.3 is 15.0 Å². The van der Waals surface area contributed by atoms with Crippen molar-refractivity contribution in [2.75, 3.05) is 0 Å². The van der Waals surface area contributed by atoms with Crippen molar-refractivity contribution in [1.29, 1.82) is 0 Å². The van der Waals surface area contributed by atoms with Gasteiger partial charge in [-0.2, -0.15) is 0 Å². The Labute approximate surface area is 131 Å². The van der Waals surface area contributed by atoms with E-state index < -0.39 is 6.16 Å². The number of nitrogens with zero attached hydrogens (tertiary/aromatic N) is 4. The number of aryl methyl sites for hydroxylation is 4. The van der Waals surface area contributed by atoms with Gasteiger partial charge in [-0.05, 0) is 20.0 Å². The van der Waals surface area contributed by atoms with Crippen LogP contribution in [0, 0.1) is 13.8 Å². The fraction of sp³-hybridized carbons (Fsp3) is 0.533. The lowest BCUT2D eigenvalue weighted by atomic mass is 10.6. The molecule has 2 aromatic rings. The molecule has 0 spiro atoms. The van der Waals surface area contributed by atoms with Gasteiger partial charge in [0.25, 0.3) is 11.6 Å². The minimum Gasteiger partial charge on any atom is -0.652 e. The van der Waals surface area contributed by atoms with Crippen LogP contribution in [0.15, 0.2) is 24.8 Å². The summed E-state index contributed by atoms with van der Waals surface area (Å²) in [5.74, 6) is 2.61. The Morgan fingerprint density at radius 3 is 1.32 bits per heavy atom. The average Bonchev–Trinajstić information content (AvgIpc) is 2.95. The highest BCUT2D eigenvalue weighted by Crippen LogP contribution is 1.90. The van der Waals surface area contributed by atoms with Crippen molar-refractivity contribution in [3.63, 3.8) is 0 Å². The second-order valence-corrected chi connectivity index (χ2v) is 4.73. The van der Waals surface area contributed by atoms with Crippen LogP contribution in [0.1, 0.15) is 25.5 Å². The third kappa shape index (κ3) is 6.43. The first-order chi connectivity index (χ1) is 10.2. The van der Waals surface area contributed by atoms with Gasteiger partial charge in [0.1, 0.15) is 24.8 Å². The largest absolute Gasteiger partial charge is 0.652 e. The predicted octanol–water partition coefficient (Wildman–Crippen LogP) is -1.17. The van der Waals surface area contributed by atoms with Crippen molar-refractivity contribution in [2.45, 2.75) is 40.8 Å². The number of carboxylic acid groups (broad SMARTS) is 2.